The van der Waals surface area contributed by atoms with E-state index < -0.39 is 11.9 Å². The van der Waals surface area contributed by atoms with Gasteiger partial charge in [-0.3, -0.25) is 14.9 Å². The highest BCUT2D eigenvalue weighted by molar-refractivity contribution is 5.73. The van der Waals surface area contributed by atoms with Gasteiger partial charge >= 0.3 is 11.9 Å². The second kappa shape index (κ2) is 9.45. The van der Waals surface area contributed by atoms with Gasteiger partial charge < -0.3 is 9.84 Å². The zero-order valence-corrected chi connectivity index (χ0v) is 9.12. The Morgan fingerprint density at radius 1 is 1.20 bits per heavy atom. The zero-order valence-electron chi connectivity index (χ0n) is 9.12. The Morgan fingerprint density at radius 2 is 1.93 bits per heavy atom. The molecule has 0 amide bonds. The Morgan fingerprint density at radius 3 is 2.53 bits per heavy atom. The number of carboxylic acids is 1. The lowest BCUT2D eigenvalue weighted by Gasteiger charge is -2.04. The van der Waals surface area contributed by atoms with Crippen LogP contribution in [-0.4, -0.2) is 36.7 Å². The molecule has 0 heterocycles. The van der Waals surface area contributed by atoms with Gasteiger partial charge in [-0.05, 0) is 6.42 Å². The lowest BCUT2D eigenvalue weighted by atomic mass is 10.2. The number of rotatable bonds is 9. The van der Waals surface area contributed by atoms with Crippen LogP contribution < -0.4 is 5.32 Å². The van der Waals surface area contributed by atoms with Crippen molar-refractivity contribution in [3.8, 4) is 0 Å². The fraction of sp³-hybridized carbons (Fsp3) is 0.800. The molecule has 0 aliphatic heterocycles. The smallest absolute Gasteiger partial charge is 0.319 e. The number of unbranched alkanes of at least 4 members (excludes halogenated alkanes) is 3. The minimum absolute atomic E-state index is 0.0416. The van der Waals surface area contributed by atoms with Gasteiger partial charge in [-0.25, -0.2) is 0 Å². The van der Waals surface area contributed by atoms with Crippen molar-refractivity contribution in [2.24, 2.45) is 0 Å². The molecule has 0 saturated heterocycles. The first-order chi connectivity index (χ1) is 7.16. The molecule has 0 spiro atoms. The second-order valence-electron chi connectivity index (χ2n) is 3.28. The summed E-state index contributed by atoms with van der Waals surface area (Å²) < 4.78 is 4.88. The van der Waals surface area contributed by atoms with Crippen molar-refractivity contribution in [3.05, 3.63) is 0 Å². The molecule has 0 aromatic rings. The van der Waals surface area contributed by atoms with E-state index >= 15 is 0 Å². The molecule has 0 bridgehead atoms. The van der Waals surface area contributed by atoms with E-state index in [0.717, 1.165) is 25.7 Å². The van der Waals surface area contributed by atoms with Gasteiger partial charge in [0, 0.05) is 0 Å². The van der Waals surface area contributed by atoms with Gasteiger partial charge in [0.05, 0.1) is 19.7 Å². The van der Waals surface area contributed by atoms with Crippen molar-refractivity contribution in [2.75, 3.05) is 19.7 Å². The third kappa shape index (κ3) is 10.8. The summed E-state index contributed by atoms with van der Waals surface area (Å²) in [6.45, 7) is 2.28. The highest BCUT2D eigenvalue weighted by Crippen LogP contribution is 1.98. The number of hydrogen-bond donors (Lipinski definition) is 2. The van der Waals surface area contributed by atoms with Crippen molar-refractivity contribution in [1.82, 2.24) is 5.32 Å². The summed E-state index contributed by atoms with van der Waals surface area (Å²) >= 11 is 0. The summed E-state index contributed by atoms with van der Waals surface area (Å²) in [5.41, 5.74) is 0. The standard InChI is InChI=1S/C10H19NO4/c1-2-3-4-5-6-15-10(14)8-11-7-9(12)13/h11H,2-8H2,1H3,(H,12,13). The van der Waals surface area contributed by atoms with E-state index in [0.29, 0.717) is 6.61 Å². The average Bonchev–Trinajstić information content (AvgIpc) is 2.17. The summed E-state index contributed by atoms with van der Waals surface area (Å²) in [5.74, 6) is -1.38. The second-order valence-corrected chi connectivity index (χ2v) is 3.28. The van der Waals surface area contributed by atoms with Crippen LogP contribution in [0.2, 0.25) is 0 Å². The maximum absolute atomic E-state index is 11.0. The molecule has 0 saturated carbocycles. The Hall–Kier alpha value is -1.10. The number of carboxylic acid groups (broad SMARTS) is 1. The molecule has 0 fully saturated rings. The highest BCUT2D eigenvalue weighted by Gasteiger charge is 2.03. The third-order valence-corrected chi connectivity index (χ3v) is 1.81. The number of aliphatic carboxylic acids is 1. The van der Waals surface area contributed by atoms with E-state index in [2.05, 4.69) is 12.2 Å². The van der Waals surface area contributed by atoms with E-state index in [1.807, 2.05) is 0 Å². The Kier molecular flexibility index (Phi) is 8.76. The summed E-state index contributed by atoms with van der Waals surface area (Å²) in [7, 11) is 0. The van der Waals surface area contributed by atoms with E-state index in [1.165, 1.54) is 0 Å². The average molecular weight is 217 g/mol. The predicted molar refractivity (Wildman–Crippen MR) is 55.6 cm³/mol. The van der Waals surface area contributed by atoms with Gasteiger partial charge in [0.2, 0.25) is 0 Å². The highest BCUT2D eigenvalue weighted by atomic mass is 16.5. The molecule has 5 nitrogen and oxygen atoms in total. The first kappa shape index (κ1) is 13.9. The first-order valence-electron chi connectivity index (χ1n) is 5.25. The molecule has 0 aromatic carbocycles. The van der Waals surface area contributed by atoms with Crippen LogP contribution in [0.3, 0.4) is 0 Å². The minimum atomic E-state index is -0.981. The molecule has 0 unspecified atom stereocenters. The molecule has 0 atom stereocenters. The van der Waals surface area contributed by atoms with Crippen LogP contribution in [0, 0.1) is 0 Å². The molecule has 0 rings (SSSR count). The Labute approximate surface area is 89.8 Å². The zero-order chi connectivity index (χ0) is 11.5. The SMILES string of the molecule is CCCCCCOC(=O)CNCC(=O)O. The first-order valence-corrected chi connectivity index (χ1v) is 5.25. The van der Waals surface area contributed by atoms with Crippen LogP contribution in [0.25, 0.3) is 0 Å². The number of carbonyl (C=O) groups excluding carboxylic acids is 1. The predicted octanol–water partition coefficient (Wildman–Crippen LogP) is 0.784. The summed E-state index contributed by atoms with van der Waals surface area (Å²) in [6.07, 6.45) is 4.23. The fourth-order valence-corrected chi connectivity index (χ4v) is 1.04. The van der Waals surface area contributed by atoms with Gasteiger partial charge in [-0.1, -0.05) is 26.2 Å². The molecule has 0 aliphatic carbocycles. The van der Waals surface area contributed by atoms with Crippen LogP contribution in [0.5, 0.6) is 0 Å². The number of nitrogens with one attached hydrogen (secondary N) is 1. The molecule has 0 radical (unpaired) electrons. The summed E-state index contributed by atoms with van der Waals surface area (Å²) in [4.78, 5) is 21.1. The van der Waals surface area contributed by atoms with Gasteiger partial charge in [-0.2, -0.15) is 0 Å². The van der Waals surface area contributed by atoms with Crippen molar-refractivity contribution in [1.29, 1.82) is 0 Å². The molecule has 5 heteroatoms. The van der Waals surface area contributed by atoms with Gasteiger partial charge in [0.15, 0.2) is 0 Å². The number of carbonyl (C=O) groups is 2. The fourth-order valence-electron chi connectivity index (χ4n) is 1.04. The maximum Gasteiger partial charge on any atom is 0.319 e. The molecular formula is C10H19NO4. The maximum atomic E-state index is 11.0. The van der Waals surface area contributed by atoms with Crippen molar-refractivity contribution in [3.63, 3.8) is 0 Å². The van der Waals surface area contributed by atoms with Crippen LogP contribution in [-0.2, 0) is 14.3 Å². The van der Waals surface area contributed by atoms with Gasteiger partial charge in [-0.15, -0.1) is 0 Å². The minimum Gasteiger partial charge on any atom is -0.480 e. The lowest BCUT2D eigenvalue weighted by Crippen LogP contribution is -2.29. The molecule has 0 aromatic heterocycles. The molecular weight excluding hydrogens is 198 g/mol. The third-order valence-electron chi connectivity index (χ3n) is 1.81. The van der Waals surface area contributed by atoms with Crippen LogP contribution in [0.15, 0.2) is 0 Å². The topological polar surface area (TPSA) is 75.6 Å². The summed E-state index contributed by atoms with van der Waals surface area (Å²) in [5, 5.41) is 10.7. The van der Waals surface area contributed by atoms with E-state index in [9.17, 15) is 9.59 Å². The number of esters is 1. The van der Waals surface area contributed by atoms with E-state index in [-0.39, 0.29) is 13.1 Å². The van der Waals surface area contributed by atoms with E-state index in [1.54, 1.807) is 0 Å². The number of hydrogen-bond acceptors (Lipinski definition) is 4. The van der Waals surface area contributed by atoms with E-state index in [4.69, 9.17) is 9.84 Å². The molecule has 0 aliphatic rings. The van der Waals surface area contributed by atoms with Crippen molar-refractivity contribution in [2.45, 2.75) is 32.6 Å². The normalized spacial score (nSPS) is 9.93. The number of ether oxygens (including phenoxy) is 1. The van der Waals surface area contributed by atoms with Crippen LogP contribution in [0.1, 0.15) is 32.6 Å². The Bertz CT molecular complexity index is 194. The lowest BCUT2D eigenvalue weighted by molar-refractivity contribution is -0.142. The van der Waals surface area contributed by atoms with Gasteiger partial charge in [0.1, 0.15) is 0 Å². The molecule has 2 N–H and O–H groups in total. The molecule has 88 valence electrons. The molecule has 15 heavy (non-hydrogen) atoms. The largest absolute Gasteiger partial charge is 0.480 e. The van der Waals surface area contributed by atoms with Crippen LogP contribution >= 0.6 is 0 Å². The monoisotopic (exact) mass is 217 g/mol. The quantitative estimate of drug-likeness (QED) is 0.441. The van der Waals surface area contributed by atoms with Crippen molar-refractivity contribution >= 4 is 11.9 Å². The Balaban J connectivity index is 3.22. The van der Waals surface area contributed by atoms with Crippen LogP contribution in [0.4, 0.5) is 0 Å². The van der Waals surface area contributed by atoms with Gasteiger partial charge in [0.25, 0.3) is 0 Å². The summed E-state index contributed by atoms with van der Waals surface area (Å²) in [6, 6.07) is 0. The van der Waals surface area contributed by atoms with Crippen molar-refractivity contribution < 1.29 is 19.4 Å².